The number of para-hydroxylation sites is 2. The highest BCUT2D eigenvalue weighted by molar-refractivity contribution is 5.77. The minimum Gasteiger partial charge on any atom is -0.347 e. The van der Waals surface area contributed by atoms with Crippen molar-refractivity contribution in [3.63, 3.8) is 0 Å². The number of hydrogen-bond donors (Lipinski definition) is 1. The number of fused-ring (bicyclic) bond motifs is 1. The van der Waals surface area contributed by atoms with E-state index in [1.165, 1.54) is 18.1 Å². The number of hydrogen-bond acceptors (Lipinski definition) is 2. The van der Waals surface area contributed by atoms with Crippen LogP contribution in [0.1, 0.15) is 36.8 Å². The van der Waals surface area contributed by atoms with Crippen molar-refractivity contribution in [2.75, 3.05) is 0 Å². The van der Waals surface area contributed by atoms with Crippen LogP contribution in [0.15, 0.2) is 48.5 Å². The molecule has 3 aromatic rings. The van der Waals surface area contributed by atoms with E-state index in [0.717, 1.165) is 23.4 Å². The summed E-state index contributed by atoms with van der Waals surface area (Å²) in [5, 5.41) is 2.94. The van der Waals surface area contributed by atoms with Crippen molar-refractivity contribution >= 4 is 16.9 Å². The number of aryl methyl sites for hydroxylation is 1. The van der Waals surface area contributed by atoms with Crippen LogP contribution < -0.4 is 5.32 Å². The van der Waals surface area contributed by atoms with E-state index in [-0.39, 0.29) is 11.9 Å². The highest BCUT2D eigenvalue weighted by Crippen LogP contribution is 2.23. The topological polar surface area (TPSA) is 46.9 Å². The second-order valence-corrected chi connectivity index (χ2v) is 5.89. The normalized spacial score (nSPS) is 12.3. The van der Waals surface area contributed by atoms with E-state index < -0.39 is 0 Å². The van der Waals surface area contributed by atoms with Gasteiger partial charge in [0.15, 0.2) is 0 Å². The average molecular weight is 307 g/mol. The number of aromatic nitrogens is 2. The smallest absolute Gasteiger partial charge is 0.217 e. The van der Waals surface area contributed by atoms with Crippen molar-refractivity contribution in [2.24, 2.45) is 0 Å². The number of nitrogens with one attached hydrogen (secondary N) is 1. The van der Waals surface area contributed by atoms with Gasteiger partial charge in [0, 0.05) is 13.5 Å². The summed E-state index contributed by atoms with van der Waals surface area (Å²) in [6.45, 7) is 6.36. The number of imidazole rings is 1. The highest BCUT2D eigenvalue weighted by Gasteiger charge is 2.17. The lowest BCUT2D eigenvalue weighted by molar-refractivity contribution is -0.119. The fraction of sp³-hybridized carbons (Fsp3) is 0.263. The number of carbonyl (C=O) groups is 1. The van der Waals surface area contributed by atoms with Crippen LogP contribution in [-0.4, -0.2) is 15.5 Å². The van der Waals surface area contributed by atoms with Crippen LogP contribution in [0.25, 0.3) is 11.0 Å². The quantitative estimate of drug-likeness (QED) is 0.800. The minimum absolute atomic E-state index is 0.0491. The highest BCUT2D eigenvalue weighted by atomic mass is 16.1. The molecule has 0 bridgehead atoms. The van der Waals surface area contributed by atoms with Crippen molar-refractivity contribution in [3.05, 3.63) is 65.5 Å². The van der Waals surface area contributed by atoms with E-state index in [2.05, 4.69) is 41.1 Å². The number of amides is 1. The van der Waals surface area contributed by atoms with Gasteiger partial charge in [0.2, 0.25) is 5.91 Å². The molecule has 0 saturated carbocycles. The Labute approximate surface area is 136 Å². The van der Waals surface area contributed by atoms with Gasteiger partial charge in [0.25, 0.3) is 0 Å². The van der Waals surface area contributed by atoms with Crippen LogP contribution in [0.4, 0.5) is 0 Å². The van der Waals surface area contributed by atoms with Gasteiger partial charge in [-0.2, -0.15) is 0 Å². The lowest BCUT2D eigenvalue weighted by Gasteiger charge is -2.16. The molecule has 0 aliphatic carbocycles. The summed E-state index contributed by atoms with van der Waals surface area (Å²) in [6.07, 6.45) is 0. The molecule has 1 atom stereocenters. The number of nitrogens with zero attached hydrogens (tertiary/aromatic N) is 2. The Morgan fingerprint density at radius 3 is 2.61 bits per heavy atom. The predicted octanol–water partition coefficient (Wildman–Crippen LogP) is 3.59. The third-order valence-electron chi connectivity index (χ3n) is 4.08. The van der Waals surface area contributed by atoms with Crippen molar-refractivity contribution in [1.29, 1.82) is 0 Å². The Bertz CT molecular complexity index is 851. The van der Waals surface area contributed by atoms with Crippen molar-refractivity contribution in [3.8, 4) is 0 Å². The zero-order valence-corrected chi connectivity index (χ0v) is 13.7. The zero-order valence-electron chi connectivity index (χ0n) is 13.7. The molecular formula is C19H21N3O. The largest absolute Gasteiger partial charge is 0.347 e. The number of benzene rings is 2. The molecule has 0 saturated heterocycles. The van der Waals surface area contributed by atoms with Crippen LogP contribution in [0.3, 0.4) is 0 Å². The van der Waals surface area contributed by atoms with Gasteiger partial charge >= 0.3 is 0 Å². The SMILES string of the molecule is CC(=O)N[C@@H](C)c1nc2ccccc2n1Cc1ccccc1C. The molecule has 4 heteroatoms. The van der Waals surface area contributed by atoms with E-state index >= 15 is 0 Å². The second kappa shape index (κ2) is 6.24. The standard InChI is InChI=1S/C19H21N3O/c1-13-8-4-5-9-16(13)12-22-18-11-7-6-10-17(18)21-19(22)14(2)20-15(3)23/h4-11,14H,12H2,1-3H3,(H,20,23)/t14-/m0/s1. The van der Waals surface area contributed by atoms with Crippen LogP contribution in [-0.2, 0) is 11.3 Å². The molecule has 0 unspecified atom stereocenters. The van der Waals surface area contributed by atoms with Crippen molar-refractivity contribution < 1.29 is 4.79 Å². The summed E-state index contributed by atoms with van der Waals surface area (Å²) < 4.78 is 2.19. The van der Waals surface area contributed by atoms with E-state index in [0.29, 0.717) is 0 Å². The van der Waals surface area contributed by atoms with Gasteiger partial charge in [-0.3, -0.25) is 4.79 Å². The molecule has 118 valence electrons. The van der Waals surface area contributed by atoms with Crippen LogP contribution in [0.2, 0.25) is 0 Å². The van der Waals surface area contributed by atoms with Gasteiger partial charge in [0.1, 0.15) is 5.82 Å². The molecule has 23 heavy (non-hydrogen) atoms. The molecule has 4 nitrogen and oxygen atoms in total. The van der Waals surface area contributed by atoms with Gasteiger partial charge in [-0.15, -0.1) is 0 Å². The first-order valence-corrected chi connectivity index (χ1v) is 7.83. The maximum atomic E-state index is 11.4. The fourth-order valence-corrected chi connectivity index (χ4v) is 2.92. The van der Waals surface area contributed by atoms with Gasteiger partial charge in [-0.25, -0.2) is 4.98 Å². The molecule has 1 amide bonds. The summed E-state index contributed by atoms with van der Waals surface area (Å²) >= 11 is 0. The van der Waals surface area contributed by atoms with E-state index in [4.69, 9.17) is 4.98 Å². The molecule has 0 aliphatic heterocycles. The van der Waals surface area contributed by atoms with Crippen molar-refractivity contribution in [2.45, 2.75) is 33.4 Å². The second-order valence-electron chi connectivity index (χ2n) is 5.89. The summed E-state index contributed by atoms with van der Waals surface area (Å²) in [7, 11) is 0. The molecule has 0 radical (unpaired) electrons. The summed E-state index contributed by atoms with van der Waals surface area (Å²) in [5.41, 5.74) is 4.55. The Morgan fingerprint density at radius 2 is 1.87 bits per heavy atom. The van der Waals surface area contributed by atoms with Gasteiger partial charge in [-0.05, 0) is 37.1 Å². The van der Waals surface area contributed by atoms with Crippen LogP contribution in [0, 0.1) is 6.92 Å². The Balaban J connectivity index is 2.09. The molecular weight excluding hydrogens is 286 g/mol. The van der Waals surface area contributed by atoms with E-state index in [9.17, 15) is 4.79 Å². The lowest BCUT2D eigenvalue weighted by atomic mass is 10.1. The Kier molecular flexibility index (Phi) is 4.15. The summed E-state index contributed by atoms with van der Waals surface area (Å²) in [6, 6.07) is 16.3. The van der Waals surface area contributed by atoms with Crippen molar-refractivity contribution in [1.82, 2.24) is 14.9 Å². The van der Waals surface area contributed by atoms with E-state index in [1.54, 1.807) is 0 Å². The zero-order chi connectivity index (χ0) is 16.4. The first-order chi connectivity index (χ1) is 11.1. The Morgan fingerprint density at radius 1 is 1.17 bits per heavy atom. The van der Waals surface area contributed by atoms with Crippen LogP contribution >= 0.6 is 0 Å². The lowest BCUT2D eigenvalue weighted by Crippen LogP contribution is -2.26. The number of rotatable bonds is 4. The van der Waals surface area contributed by atoms with Gasteiger partial charge < -0.3 is 9.88 Å². The van der Waals surface area contributed by atoms with Crippen LogP contribution in [0.5, 0.6) is 0 Å². The third kappa shape index (κ3) is 3.11. The maximum absolute atomic E-state index is 11.4. The predicted molar refractivity (Wildman–Crippen MR) is 92.2 cm³/mol. The van der Waals surface area contributed by atoms with E-state index in [1.807, 2.05) is 31.2 Å². The Hall–Kier alpha value is -2.62. The average Bonchev–Trinajstić information content (AvgIpc) is 2.88. The minimum atomic E-state index is -0.135. The molecule has 0 spiro atoms. The maximum Gasteiger partial charge on any atom is 0.217 e. The fourth-order valence-electron chi connectivity index (χ4n) is 2.92. The van der Waals surface area contributed by atoms with Gasteiger partial charge in [-0.1, -0.05) is 36.4 Å². The molecule has 1 heterocycles. The monoisotopic (exact) mass is 307 g/mol. The molecule has 1 N–H and O–H groups in total. The first-order valence-electron chi connectivity index (χ1n) is 7.83. The molecule has 0 aliphatic rings. The third-order valence-corrected chi connectivity index (χ3v) is 4.08. The molecule has 2 aromatic carbocycles. The summed E-state index contributed by atoms with van der Waals surface area (Å²) in [4.78, 5) is 16.2. The molecule has 0 fully saturated rings. The number of carbonyl (C=O) groups excluding carboxylic acids is 1. The molecule has 3 rings (SSSR count). The van der Waals surface area contributed by atoms with Gasteiger partial charge in [0.05, 0.1) is 17.1 Å². The molecule has 1 aromatic heterocycles. The first kappa shape index (κ1) is 15.3. The summed E-state index contributed by atoms with van der Waals surface area (Å²) in [5.74, 6) is 0.830.